The number of fused-ring (bicyclic) bond motifs is 1. The Hall–Kier alpha value is -1.36. The summed E-state index contributed by atoms with van der Waals surface area (Å²) in [7, 11) is 0. The molecule has 5 nitrogen and oxygen atoms in total. The van der Waals surface area contributed by atoms with Gasteiger partial charge in [0, 0.05) is 6.04 Å². The molecule has 6 heteroatoms. The van der Waals surface area contributed by atoms with Crippen LogP contribution in [0.1, 0.15) is 26.7 Å². The molecule has 0 saturated heterocycles. The van der Waals surface area contributed by atoms with Gasteiger partial charge >= 0.3 is 0 Å². The topological polar surface area (TPSA) is 58.1 Å². The first-order chi connectivity index (χ1) is 8.21. The number of aldehydes is 1. The van der Waals surface area contributed by atoms with Gasteiger partial charge in [0.15, 0.2) is 24.1 Å². The van der Waals surface area contributed by atoms with Gasteiger partial charge in [-0.1, -0.05) is 25.4 Å². The fourth-order valence-electron chi connectivity index (χ4n) is 2.16. The fraction of sp³-hybridized carbons (Fsp3) is 0.545. The van der Waals surface area contributed by atoms with E-state index in [-0.39, 0.29) is 6.04 Å². The van der Waals surface area contributed by atoms with E-state index in [1.54, 1.807) is 0 Å². The number of rotatable bonds is 4. The molecule has 0 aliphatic carbocycles. The van der Waals surface area contributed by atoms with Crippen LogP contribution < -0.4 is 10.2 Å². The lowest BCUT2D eigenvalue weighted by Gasteiger charge is -2.30. The maximum Gasteiger partial charge on any atom is 0.175 e. The molecule has 2 rings (SSSR count). The molecular formula is C11H15ClN4O. The molecule has 0 amide bonds. The Morgan fingerprint density at radius 2 is 2.29 bits per heavy atom. The number of hydrogen-bond acceptors (Lipinski definition) is 5. The Morgan fingerprint density at radius 1 is 1.59 bits per heavy atom. The Bertz CT molecular complexity index is 422. The second kappa shape index (κ2) is 4.87. The molecule has 17 heavy (non-hydrogen) atoms. The molecule has 0 aromatic carbocycles. The predicted molar refractivity (Wildman–Crippen MR) is 67.4 cm³/mol. The van der Waals surface area contributed by atoms with Gasteiger partial charge in [-0.2, -0.15) is 0 Å². The van der Waals surface area contributed by atoms with Gasteiger partial charge < -0.3 is 10.2 Å². The van der Waals surface area contributed by atoms with Crippen LogP contribution in [0.2, 0.25) is 5.15 Å². The largest absolute Gasteiger partial charge is 0.341 e. The zero-order chi connectivity index (χ0) is 12.4. The zero-order valence-corrected chi connectivity index (χ0v) is 10.6. The van der Waals surface area contributed by atoms with E-state index in [9.17, 15) is 4.79 Å². The number of aromatic nitrogens is 2. The third kappa shape index (κ3) is 2.07. The van der Waals surface area contributed by atoms with E-state index < -0.39 is 6.17 Å². The first-order valence-corrected chi connectivity index (χ1v) is 6.11. The Morgan fingerprint density at radius 3 is 2.88 bits per heavy atom. The molecule has 1 N–H and O–H groups in total. The molecular weight excluding hydrogens is 240 g/mol. The van der Waals surface area contributed by atoms with Crippen LogP contribution in [0.25, 0.3) is 0 Å². The van der Waals surface area contributed by atoms with Crippen LogP contribution in [-0.4, -0.2) is 28.5 Å². The van der Waals surface area contributed by atoms with Crippen LogP contribution in [0.4, 0.5) is 11.6 Å². The maximum absolute atomic E-state index is 11.1. The third-order valence-electron chi connectivity index (χ3n) is 3.02. The van der Waals surface area contributed by atoms with Crippen molar-refractivity contribution in [1.29, 1.82) is 0 Å². The first kappa shape index (κ1) is 12.1. The Labute approximate surface area is 105 Å². The molecule has 0 fully saturated rings. The predicted octanol–water partition coefficient (Wildman–Crippen LogP) is 2.08. The normalized spacial score (nSPS) is 18.1. The molecule has 1 aromatic heterocycles. The summed E-state index contributed by atoms with van der Waals surface area (Å²) in [5, 5.41) is 3.38. The van der Waals surface area contributed by atoms with E-state index >= 15 is 0 Å². The Balaban J connectivity index is 2.41. The van der Waals surface area contributed by atoms with Crippen molar-refractivity contribution >= 4 is 29.5 Å². The SMILES string of the molecule is CCC(CC)N1c2nc(Cl)cnc2NC1C=O. The smallest absolute Gasteiger partial charge is 0.175 e. The maximum atomic E-state index is 11.1. The number of hydrogen-bond donors (Lipinski definition) is 1. The van der Waals surface area contributed by atoms with Crippen LogP contribution in [0, 0.1) is 0 Å². The summed E-state index contributed by atoms with van der Waals surface area (Å²) in [5.41, 5.74) is 0. The molecule has 1 aliphatic rings. The molecule has 0 saturated carbocycles. The summed E-state index contributed by atoms with van der Waals surface area (Å²) in [6, 6.07) is 0.256. The quantitative estimate of drug-likeness (QED) is 0.834. The van der Waals surface area contributed by atoms with Crippen LogP contribution in [0.3, 0.4) is 0 Å². The van der Waals surface area contributed by atoms with Crippen LogP contribution in [0.15, 0.2) is 6.20 Å². The van der Waals surface area contributed by atoms with Crippen molar-refractivity contribution in [2.24, 2.45) is 0 Å². The standard InChI is InChI=1S/C11H15ClN4O/c1-3-7(4-2)16-9(6-17)15-10-11(16)14-8(12)5-13-10/h5-7,9H,3-4H2,1-2H3,(H,13,15). The van der Waals surface area contributed by atoms with Crippen molar-refractivity contribution in [2.75, 3.05) is 10.2 Å². The highest BCUT2D eigenvalue weighted by atomic mass is 35.5. The van der Waals surface area contributed by atoms with Crippen molar-refractivity contribution in [3.63, 3.8) is 0 Å². The van der Waals surface area contributed by atoms with Gasteiger partial charge in [0.1, 0.15) is 5.15 Å². The molecule has 0 bridgehead atoms. The zero-order valence-electron chi connectivity index (χ0n) is 9.85. The highest BCUT2D eigenvalue weighted by Gasteiger charge is 2.34. The minimum atomic E-state index is -0.395. The lowest BCUT2D eigenvalue weighted by molar-refractivity contribution is -0.108. The lowest BCUT2D eigenvalue weighted by atomic mass is 10.1. The van der Waals surface area contributed by atoms with E-state index in [4.69, 9.17) is 11.6 Å². The number of carbonyl (C=O) groups excluding carboxylic acids is 1. The van der Waals surface area contributed by atoms with Gasteiger partial charge in [-0.15, -0.1) is 0 Å². The first-order valence-electron chi connectivity index (χ1n) is 5.74. The summed E-state index contributed by atoms with van der Waals surface area (Å²) in [6.07, 6.45) is 3.83. The molecule has 1 aromatic rings. The third-order valence-corrected chi connectivity index (χ3v) is 3.20. The summed E-state index contributed by atoms with van der Waals surface area (Å²) in [4.78, 5) is 21.5. The number of anilines is 2. The van der Waals surface area contributed by atoms with Gasteiger partial charge in [-0.25, -0.2) is 9.97 Å². The van der Waals surface area contributed by atoms with Crippen LogP contribution in [-0.2, 0) is 4.79 Å². The molecule has 2 heterocycles. The van der Waals surface area contributed by atoms with E-state index in [2.05, 4.69) is 29.1 Å². The lowest BCUT2D eigenvalue weighted by Crippen LogP contribution is -2.44. The number of nitrogens with zero attached hydrogens (tertiary/aromatic N) is 3. The molecule has 1 atom stereocenters. The monoisotopic (exact) mass is 254 g/mol. The van der Waals surface area contributed by atoms with Crippen molar-refractivity contribution in [3.05, 3.63) is 11.3 Å². The van der Waals surface area contributed by atoms with Gasteiger partial charge in [-0.3, -0.25) is 4.79 Å². The molecule has 1 aliphatic heterocycles. The molecule has 1 unspecified atom stereocenters. The van der Waals surface area contributed by atoms with Crippen LogP contribution in [0.5, 0.6) is 0 Å². The van der Waals surface area contributed by atoms with Gasteiger partial charge in [0.05, 0.1) is 6.20 Å². The summed E-state index contributed by atoms with van der Waals surface area (Å²) in [6.45, 7) is 4.18. The highest BCUT2D eigenvalue weighted by molar-refractivity contribution is 6.29. The van der Waals surface area contributed by atoms with E-state index in [0.717, 1.165) is 19.1 Å². The van der Waals surface area contributed by atoms with Crippen molar-refractivity contribution in [3.8, 4) is 0 Å². The van der Waals surface area contributed by atoms with Crippen LogP contribution >= 0.6 is 11.6 Å². The minimum absolute atomic E-state index is 0.256. The summed E-state index contributed by atoms with van der Waals surface area (Å²) >= 11 is 5.85. The Kier molecular flexibility index (Phi) is 3.47. The second-order valence-electron chi connectivity index (χ2n) is 3.97. The fourth-order valence-corrected chi connectivity index (χ4v) is 2.29. The average molecular weight is 255 g/mol. The molecule has 0 radical (unpaired) electrons. The molecule has 92 valence electrons. The second-order valence-corrected chi connectivity index (χ2v) is 4.36. The average Bonchev–Trinajstić information content (AvgIpc) is 2.69. The number of nitrogens with one attached hydrogen (secondary N) is 1. The highest BCUT2D eigenvalue weighted by Crippen LogP contribution is 2.34. The minimum Gasteiger partial charge on any atom is -0.341 e. The van der Waals surface area contributed by atoms with E-state index in [1.165, 1.54) is 6.20 Å². The van der Waals surface area contributed by atoms with Gasteiger partial charge in [0.2, 0.25) is 0 Å². The van der Waals surface area contributed by atoms with Crippen molar-refractivity contribution in [1.82, 2.24) is 9.97 Å². The van der Waals surface area contributed by atoms with Crippen molar-refractivity contribution < 1.29 is 4.79 Å². The number of carbonyl (C=O) groups is 1. The number of halogens is 1. The summed E-state index contributed by atoms with van der Waals surface area (Å²) in [5.74, 6) is 1.29. The summed E-state index contributed by atoms with van der Waals surface area (Å²) < 4.78 is 0. The van der Waals surface area contributed by atoms with Crippen molar-refractivity contribution in [2.45, 2.75) is 38.9 Å². The van der Waals surface area contributed by atoms with E-state index in [0.29, 0.717) is 16.8 Å². The van der Waals surface area contributed by atoms with Gasteiger partial charge in [0.25, 0.3) is 0 Å². The molecule has 0 spiro atoms. The van der Waals surface area contributed by atoms with E-state index in [1.807, 2.05) is 4.90 Å². The van der Waals surface area contributed by atoms with Gasteiger partial charge in [-0.05, 0) is 12.8 Å².